The zero-order chi connectivity index (χ0) is 17.2. The number of hydrogen-bond acceptors (Lipinski definition) is 2. The monoisotopic (exact) mass is 330 g/mol. The fraction of sp³-hybridized carbons (Fsp3) is 0.579. The first-order valence-electron chi connectivity index (χ1n) is 8.92. The lowest BCUT2D eigenvalue weighted by Gasteiger charge is -2.33. The minimum atomic E-state index is -0.986. The average Bonchev–Trinajstić information content (AvgIpc) is 3.36. The van der Waals surface area contributed by atoms with E-state index in [1.54, 1.807) is 0 Å². The molecule has 1 saturated heterocycles. The third-order valence-electron chi connectivity index (χ3n) is 5.63. The van der Waals surface area contributed by atoms with Crippen LogP contribution in [-0.2, 0) is 4.79 Å². The summed E-state index contributed by atoms with van der Waals surface area (Å²) in [6.07, 6.45) is 3.73. The highest BCUT2D eigenvalue weighted by molar-refractivity contribution is 5.83. The van der Waals surface area contributed by atoms with E-state index in [4.69, 9.17) is 0 Å². The summed E-state index contributed by atoms with van der Waals surface area (Å²) >= 11 is 0. The molecule has 5 heteroatoms. The van der Waals surface area contributed by atoms with E-state index in [0.717, 1.165) is 50.8 Å². The summed E-state index contributed by atoms with van der Waals surface area (Å²) in [6.45, 7) is 3.51. The molecule has 0 spiro atoms. The second-order valence-electron chi connectivity index (χ2n) is 6.93. The number of amides is 2. The third kappa shape index (κ3) is 3.12. The molecule has 3 rings (SSSR count). The molecule has 2 unspecified atom stereocenters. The number of benzene rings is 1. The molecule has 2 fully saturated rings. The lowest BCUT2D eigenvalue weighted by molar-refractivity contribution is -0.133. The van der Waals surface area contributed by atoms with Crippen LogP contribution in [0.4, 0.5) is 4.79 Å². The van der Waals surface area contributed by atoms with Crippen molar-refractivity contribution >= 4 is 12.0 Å². The van der Waals surface area contributed by atoms with Gasteiger partial charge in [0.2, 0.25) is 5.91 Å². The van der Waals surface area contributed by atoms with Crippen LogP contribution in [0, 0.1) is 0 Å². The van der Waals surface area contributed by atoms with Gasteiger partial charge in [0, 0.05) is 19.0 Å². The third-order valence-corrected chi connectivity index (χ3v) is 5.63. The predicted octanol–water partition coefficient (Wildman–Crippen LogP) is 3.32. The Morgan fingerprint density at radius 2 is 1.88 bits per heavy atom. The standard InChI is InChI=1S/C19H26N2O3/c1-2-19(13-16(19)15-9-5-3-6-10-15)21(18(23)24)14-17(22)20-11-7-4-8-12-20/h3,5-6,9-10,16H,2,4,7-8,11-14H2,1H3,(H,23,24). The lowest BCUT2D eigenvalue weighted by atomic mass is 10.0. The second kappa shape index (κ2) is 6.83. The molecule has 1 N–H and O–H groups in total. The fourth-order valence-electron chi connectivity index (χ4n) is 4.08. The number of carbonyl (C=O) groups is 2. The molecule has 0 aromatic heterocycles. The van der Waals surface area contributed by atoms with E-state index in [1.165, 1.54) is 4.90 Å². The smallest absolute Gasteiger partial charge is 0.408 e. The lowest BCUT2D eigenvalue weighted by Crippen LogP contribution is -2.49. The minimum Gasteiger partial charge on any atom is -0.465 e. The Morgan fingerprint density at radius 1 is 1.21 bits per heavy atom. The van der Waals surface area contributed by atoms with E-state index < -0.39 is 11.6 Å². The molecular weight excluding hydrogens is 304 g/mol. The Balaban J connectivity index is 1.75. The van der Waals surface area contributed by atoms with Crippen LogP contribution in [0.5, 0.6) is 0 Å². The number of nitrogens with zero attached hydrogens (tertiary/aromatic N) is 2. The van der Waals surface area contributed by atoms with Gasteiger partial charge in [-0.3, -0.25) is 9.69 Å². The summed E-state index contributed by atoms with van der Waals surface area (Å²) in [5, 5.41) is 9.75. The molecule has 1 heterocycles. The van der Waals surface area contributed by atoms with Crippen molar-refractivity contribution in [1.29, 1.82) is 0 Å². The highest BCUT2D eigenvalue weighted by Gasteiger charge is 2.59. The van der Waals surface area contributed by atoms with Gasteiger partial charge in [-0.2, -0.15) is 0 Å². The maximum atomic E-state index is 12.6. The molecule has 0 radical (unpaired) electrons. The van der Waals surface area contributed by atoms with Crippen LogP contribution < -0.4 is 0 Å². The Kier molecular flexibility index (Phi) is 4.78. The largest absolute Gasteiger partial charge is 0.465 e. The summed E-state index contributed by atoms with van der Waals surface area (Å²) in [5.41, 5.74) is 0.731. The molecule has 5 nitrogen and oxygen atoms in total. The number of rotatable bonds is 5. The van der Waals surface area contributed by atoms with Gasteiger partial charge in [0.05, 0.1) is 5.54 Å². The number of carboxylic acid groups (broad SMARTS) is 1. The van der Waals surface area contributed by atoms with Crippen LogP contribution in [0.1, 0.15) is 50.5 Å². The molecule has 130 valence electrons. The van der Waals surface area contributed by atoms with Crippen molar-refractivity contribution in [2.75, 3.05) is 19.6 Å². The summed E-state index contributed by atoms with van der Waals surface area (Å²) in [7, 11) is 0. The van der Waals surface area contributed by atoms with Gasteiger partial charge in [-0.1, -0.05) is 37.3 Å². The average molecular weight is 330 g/mol. The predicted molar refractivity (Wildman–Crippen MR) is 92.0 cm³/mol. The summed E-state index contributed by atoms with van der Waals surface area (Å²) in [4.78, 5) is 27.7. The first-order chi connectivity index (χ1) is 11.6. The van der Waals surface area contributed by atoms with Gasteiger partial charge in [0.15, 0.2) is 0 Å². The van der Waals surface area contributed by atoms with E-state index in [9.17, 15) is 14.7 Å². The van der Waals surface area contributed by atoms with E-state index >= 15 is 0 Å². The normalized spacial score (nSPS) is 26.0. The SMILES string of the molecule is CCC1(N(CC(=O)N2CCCCC2)C(=O)O)CC1c1ccccc1. The van der Waals surface area contributed by atoms with Crippen LogP contribution in [0.25, 0.3) is 0 Å². The summed E-state index contributed by atoms with van der Waals surface area (Å²) < 4.78 is 0. The van der Waals surface area contributed by atoms with Crippen molar-refractivity contribution in [1.82, 2.24) is 9.80 Å². The van der Waals surface area contributed by atoms with Crippen molar-refractivity contribution in [2.45, 2.75) is 50.5 Å². The zero-order valence-corrected chi connectivity index (χ0v) is 14.3. The molecule has 2 amide bonds. The number of likely N-dealkylation sites (tertiary alicyclic amines) is 1. The molecule has 1 aliphatic carbocycles. The van der Waals surface area contributed by atoms with Gasteiger partial charge in [0.1, 0.15) is 6.54 Å². The molecule has 1 saturated carbocycles. The first-order valence-corrected chi connectivity index (χ1v) is 8.92. The zero-order valence-electron chi connectivity index (χ0n) is 14.3. The van der Waals surface area contributed by atoms with Crippen LogP contribution in [0.15, 0.2) is 30.3 Å². The highest BCUT2D eigenvalue weighted by atomic mass is 16.4. The number of piperidine rings is 1. The molecule has 0 bridgehead atoms. The maximum Gasteiger partial charge on any atom is 0.408 e. The van der Waals surface area contributed by atoms with Crippen LogP contribution in [0.2, 0.25) is 0 Å². The van der Waals surface area contributed by atoms with Gasteiger partial charge < -0.3 is 10.0 Å². The van der Waals surface area contributed by atoms with Crippen LogP contribution >= 0.6 is 0 Å². The van der Waals surface area contributed by atoms with Crippen molar-refractivity contribution in [3.05, 3.63) is 35.9 Å². The van der Waals surface area contributed by atoms with Crippen LogP contribution in [0.3, 0.4) is 0 Å². The first kappa shape index (κ1) is 16.8. The fourth-order valence-corrected chi connectivity index (χ4v) is 4.08. The molecular formula is C19H26N2O3. The van der Waals surface area contributed by atoms with Crippen molar-refractivity contribution in [3.8, 4) is 0 Å². The van der Waals surface area contributed by atoms with Crippen molar-refractivity contribution < 1.29 is 14.7 Å². The van der Waals surface area contributed by atoms with E-state index in [1.807, 2.05) is 30.0 Å². The minimum absolute atomic E-state index is 0.0213. The second-order valence-corrected chi connectivity index (χ2v) is 6.93. The van der Waals surface area contributed by atoms with E-state index in [-0.39, 0.29) is 18.4 Å². The molecule has 2 aliphatic rings. The Labute approximate surface area is 143 Å². The Hall–Kier alpha value is -2.04. The van der Waals surface area contributed by atoms with Gasteiger partial charge in [-0.05, 0) is 37.7 Å². The Morgan fingerprint density at radius 3 is 2.46 bits per heavy atom. The number of carbonyl (C=O) groups excluding carboxylic acids is 1. The molecule has 1 aromatic carbocycles. The number of hydrogen-bond donors (Lipinski definition) is 1. The van der Waals surface area contributed by atoms with E-state index in [2.05, 4.69) is 12.1 Å². The van der Waals surface area contributed by atoms with Gasteiger partial charge in [0.25, 0.3) is 0 Å². The topological polar surface area (TPSA) is 60.9 Å². The van der Waals surface area contributed by atoms with Crippen LogP contribution in [-0.4, -0.2) is 52.1 Å². The maximum absolute atomic E-state index is 12.6. The van der Waals surface area contributed by atoms with Gasteiger partial charge >= 0.3 is 6.09 Å². The van der Waals surface area contributed by atoms with Gasteiger partial charge in [-0.25, -0.2) is 4.79 Å². The molecule has 2 atom stereocenters. The molecule has 1 aliphatic heterocycles. The quantitative estimate of drug-likeness (QED) is 0.901. The van der Waals surface area contributed by atoms with Crippen molar-refractivity contribution in [2.24, 2.45) is 0 Å². The Bertz CT molecular complexity index is 598. The van der Waals surface area contributed by atoms with Gasteiger partial charge in [-0.15, -0.1) is 0 Å². The molecule has 24 heavy (non-hydrogen) atoms. The molecule has 1 aromatic rings. The van der Waals surface area contributed by atoms with Crippen molar-refractivity contribution in [3.63, 3.8) is 0 Å². The summed E-state index contributed by atoms with van der Waals surface area (Å²) in [6, 6.07) is 10.0. The van der Waals surface area contributed by atoms with E-state index in [0.29, 0.717) is 0 Å². The summed E-state index contributed by atoms with van der Waals surface area (Å²) in [5.74, 6) is 0.137. The highest BCUT2D eigenvalue weighted by Crippen LogP contribution is 2.57.